The molecule has 10 atom stereocenters. The molecule has 58 heavy (non-hydrogen) atoms. The molecule has 0 bridgehead atoms. The number of H-pyrrole nitrogens is 1. The summed E-state index contributed by atoms with van der Waals surface area (Å²) in [4.78, 5) is 61.0. The molecule has 0 spiro atoms. The van der Waals surface area contributed by atoms with Crippen LogP contribution in [0.1, 0.15) is 36.7 Å². The molecule has 0 radical (unpaired) electrons. The Morgan fingerprint density at radius 1 is 0.845 bits per heavy atom. The predicted molar refractivity (Wildman–Crippen MR) is 204 cm³/mol. The second kappa shape index (κ2) is 15.8. The van der Waals surface area contributed by atoms with Crippen molar-refractivity contribution in [2.45, 2.75) is 63.1 Å². The van der Waals surface area contributed by atoms with Crippen LogP contribution in [-0.4, -0.2) is 101 Å². The van der Waals surface area contributed by atoms with Crippen molar-refractivity contribution in [1.29, 1.82) is 0 Å². The summed E-state index contributed by atoms with van der Waals surface area (Å²) in [6.45, 7) is -7.38. The van der Waals surface area contributed by atoms with E-state index in [1.165, 1.54) is 10.9 Å². The molecule has 0 saturated carbocycles. The van der Waals surface area contributed by atoms with E-state index in [2.05, 4.69) is 65.0 Å². The van der Waals surface area contributed by atoms with Crippen LogP contribution in [0.3, 0.4) is 0 Å². The van der Waals surface area contributed by atoms with Crippen LogP contribution in [0, 0.1) is 5.92 Å². The van der Waals surface area contributed by atoms with Crippen LogP contribution in [-0.2, 0) is 41.5 Å². The summed E-state index contributed by atoms with van der Waals surface area (Å²) in [7, 11) is 0. The lowest BCUT2D eigenvalue weighted by Gasteiger charge is -2.28. The number of nitrogens with zero attached hydrogens (tertiary/aromatic N) is 7. The summed E-state index contributed by atoms with van der Waals surface area (Å²) >= 11 is 8.06. The molecule has 21 nitrogen and oxygen atoms in total. The minimum Gasteiger partial charge on any atom is -0.346 e. The Morgan fingerprint density at radius 3 is 2.00 bits per heavy atom. The molecular formula is C31H32F2N10O11P2S2. The van der Waals surface area contributed by atoms with Crippen molar-refractivity contribution in [3.8, 4) is 0 Å². The molecule has 3 saturated heterocycles. The number of amides is 2. The highest BCUT2D eigenvalue weighted by Crippen LogP contribution is 2.60. The average Bonchev–Trinajstić information content (AvgIpc) is 3.94. The molecule has 4 aromatic heterocycles. The van der Waals surface area contributed by atoms with Crippen LogP contribution >= 0.6 is 38.1 Å². The summed E-state index contributed by atoms with van der Waals surface area (Å²) in [6.07, 6.45) is -10.7. The van der Waals surface area contributed by atoms with Crippen molar-refractivity contribution >= 4 is 84.0 Å². The number of carbonyl (C=O) groups is 2. The number of hydrogen-bond donors (Lipinski definition) is 5. The highest BCUT2D eigenvalue weighted by Gasteiger charge is 2.54. The van der Waals surface area contributed by atoms with Crippen LogP contribution in [0.5, 0.6) is 0 Å². The smallest absolute Gasteiger partial charge is 0.346 e. The van der Waals surface area contributed by atoms with Gasteiger partial charge in [0.2, 0.25) is 11.9 Å². The lowest BCUT2D eigenvalue weighted by molar-refractivity contribution is -0.118. The molecule has 8 rings (SSSR count). The van der Waals surface area contributed by atoms with Gasteiger partial charge in [-0.3, -0.25) is 51.9 Å². The van der Waals surface area contributed by atoms with Crippen molar-refractivity contribution in [3.63, 3.8) is 0 Å². The van der Waals surface area contributed by atoms with Gasteiger partial charge in [-0.1, -0.05) is 56.5 Å². The average molecular weight is 885 g/mol. The monoisotopic (exact) mass is 884 g/mol. The minimum absolute atomic E-state index is 0.0192. The van der Waals surface area contributed by atoms with Crippen molar-refractivity contribution < 1.29 is 55.1 Å². The molecule has 3 aliphatic heterocycles. The molecule has 27 heteroatoms. The third-order valence-electron chi connectivity index (χ3n) is 9.22. The van der Waals surface area contributed by atoms with Gasteiger partial charge < -0.3 is 14.8 Å². The summed E-state index contributed by atoms with van der Waals surface area (Å²) in [5.74, 6) is -1.64. The first kappa shape index (κ1) is 40.6. The van der Waals surface area contributed by atoms with Gasteiger partial charge in [-0.15, -0.1) is 0 Å². The molecule has 5 aromatic rings. The number of rotatable bonds is 6. The second-order valence-corrected chi connectivity index (χ2v) is 19.2. The molecule has 1 aromatic carbocycles. The maximum absolute atomic E-state index is 16.4. The topological polar surface area (TPSA) is 255 Å². The molecule has 3 N–H and O–H groups in total. The zero-order chi connectivity index (χ0) is 41.1. The number of carbonyl (C=O) groups excluding carboxylic acids is 2. The number of ether oxygens (including phenoxy) is 2. The number of hydrogen-bond acceptors (Lipinski definition) is 16. The molecule has 3 aliphatic rings. The molecule has 308 valence electrons. The molecular weight excluding hydrogens is 852 g/mol. The number of halogens is 2. The van der Waals surface area contributed by atoms with Gasteiger partial charge >= 0.3 is 13.6 Å². The van der Waals surface area contributed by atoms with Crippen LogP contribution in [0.4, 0.5) is 20.5 Å². The van der Waals surface area contributed by atoms with Gasteiger partial charge in [0.15, 0.2) is 52.9 Å². The van der Waals surface area contributed by atoms with Gasteiger partial charge in [-0.05, 0) is 12.1 Å². The first-order valence-electron chi connectivity index (χ1n) is 17.3. The second-order valence-electron chi connectivity index (χ2n) is 13.4. The number of thiol groups is 2. The zero-order valence-corrected chi connectivity index (χ0v) is 33.5. The van der Waals surface area contributed by atoms with E-state index < -0.39 is 99.3 Å². The fourth-order valence-corrected chi connectivity index (χ4v) is 9.36. The summed E-state index contributed by atoms with van der Waals surface area (Å²) < 4.78 is 96.2. The van der Waals surface area contributed by atoms with E-state index in [9.17, 15) is 23.5 Å². The Labute approximate surface area is 335 Å². The summed E-state index contributed by atoms with van der Waals surface area (Å²) in [6, 6.07) is 8.30. The molecule has 1 unspecified atom stereocenters. The highest BCUT2D eigenvalue weighted by molar-refractivity contribution is 8.44. The predicted octanol–water partition coefficient (Wildman–Crippen LogP) is 4.17. The van der Waals surface area contributed by atoms with Crippen molar-refractivity contribution in [1.82, 2.24) is 39.0 Å². The first-order chi connectivity index (χ1) is 27.6. The molecule has 0 aliphatic carbocycles. The largest absolute Gasteiger partial charge is 0.386 e. The number of aromatic amines is 1. The maximum atomic E-state index is 16.4. The van der Waals surface area contributed by atoms with Gasteiger partial charge in [-0.25, -0.2) is 37.8 Å². The van der Waals surface area contributed by atoms with Gasteiger partial charge in [0, 0.05) is 11.5 Å². The fraction of sp³-hybridized carbons (Fsp3) is 0.419. The summed E-state index contributed by atoms with van der Waals surface area (Å²) in [5.41, 5.74) is -0.715. The number of imidazole rings is 2. The first-order valence-corrected chi connectivity index (χ1v) is 22.7. The van der Waals surface area contributed by atoms with Crippen LogP contribution in [0.2, 0.25) is 0 Å². The van der Waals surface area contributed by atoms with E-state index in [0.29, 0.717) is 5.56 Å². The Morgan fingerprint density at radius 2 is 1.41 bits per heavy atom. The van der Waals surface area contributed by atoms with Gasteiger partial charge in [0.1, 0.15) is 30.7 Å². The summed E-state index contributed by atoms with van der Waals surface area (Å²) in [5, 5.41) is 5.10. The van der Waals surface area contributed by atoms with Gasteiger partial charge in [0.25, 0.3) is 11.5 Å². The van der Waals surface area contributed by atoms with Crippen molar-refractivity contribution in [3.05, 3.63) is 65.2 Å². The van der Waals surface area contributed by atoms with Gasteiger partial charge in [-0.2, -0.15) is 4.98 Å². The normalized spacial score (nSPS) is 31.7. The number of alkyl halides is 2. The Hall–Kier alpha value is -4.16. The Balaban J connectivity index is 1.03. The number of benzene rings is 1. The van der Waals surface area contributed by atoms with E-state index >= 15 is 8.78 Å². The van der Waals surface area contributed by atoms with Crippen molar-refractivity contribution in [2.75, 3.05) is 23.8 Å². The van der Waals surface area contributed by atoms with Crippen LogP contribution in [0.15, 0.2) is 54.1 Å². The van der Waals surface area contributed by atoms with Crippen molar-refractivity contribution in [2.24, 2.45) is 5.92 Å². The molecule has 2 amide bonds. The van der Waals surface area contributed by atoms with Gasteiger partial charge in [0.05, 0.1) is 25.9 Å². The zero-order valence-electron chi connectivity index (χ0n) is 29.9. The van der Waals surface area contributed by atoms with E-state index in [0.717, 1.165) is 17.2 Å². The van der Waals surface area contributed by atoms with Crippen LogP contribution < -0.4 is 16.2 Å². The molecule has 7 heterocycles. The highest BCUT2D eigenvalue weighted by atomic mass is 32.7. The Bertz CT molecular complexity index is 2550. The number of fused-ring (bicyclic) bond motifs is 4. The maximum Gasteiger partial charge on any atom is 0.386 e. The third kappa shape index (κ3) is 7.95. The standard InChI is InChI=1S/C31H32F2N10O11P2S2/c1-13(2)26(44)40-31-39-25-20(28(46)41-31)37-12-43(25)30-18(33)22-16(52-30)9-50-55(47,57)53-21-15(8-49-56(48,58)54-22)51-29(17(21)32)42-11-36-19-23(34-10-35-24(19)42)38-27(45)14-6-4-3-5-7-14/h3-7,10-13,15-18,21-22,29-30H,8-9H2,1-2H3,(H,47,57)(H,48,58)(H,34,35,38,45)(H2,39,40,41,44,46)/t15-,16?,17-,18-,21-,22-,29-,30-,55+,56-/m1/s1. The van der Waals surface area contributed by atoms with E-state index in [1.807, 2.05) is 0 Å². The number of nitrogens with one attached hydrogen (secondary N) is 3. The molecule has 3 fully saturated rings. The Kier molecular flexibility index (Phi) is 11.1. The van der Waals surface area contributed by atoms with E-state index in [-0.39, 0.29) is 34.1 Å². The minimum atomic E-state index is -4.55. The quantitative estimate of drug-likeness (QED) is 0.118. The van der Waals surface area contributed by atoms with E-state index in [4.69, 9.17) is 27.6 Å². The lowest BCUT2D eigenvalue weighted by atomic mass is 10.1. The third-order valence-corrected chi connectivity index (χ3v) is 12.4. The van der Waals surface area contributed by atoms with E-state index in [1.54, 1.807) is 44.2 Å². The SMILES string of the molecule is CC(C)C(=O)Nc1nc2c(ncn2[C@@H]2OC3CO[P@](=O)(S)O[C@H]4[C@@H](F)[C@H](n5cnc6c(NC(=O)c7ccccc7)ncnc65)O[C@@H]4CO[P@@](=O)(S)O[C@H]3[C@H]2F)c(=O)[nH]1. The number of anilines is 2. The fourth-order valence-electron chi connectivity index (χ4n) is 6.39. The number of aromatic nitrogens is 8. The van der Waals surface area contributed by atoms with Crippen LogP contribution in [0.25, 0.3) is 22.3 Å². The lowest BCUT2D eigenvalue weighted by Crippen LogP contribution is -2.36.